The number of rotatable bonds is 3. The van der Waals surface area contributed by atoms with Crippen molar-refractivity contribution < 1.29 is 18.8 Å². The number of carbonyl (C=O) groups excluding carboxylic acids is 1. The van der Waals surface area contributed by atoms with Gasteiger partial charge in [0.15, 0.2) is 0 Å². The first-order valence-electron chi connectivity index (χ1n) is 2.53. The van der Waals surface area contributed by atoms with Crippen molar-refractivity contribution in [3.63, 3.8) is 0 Å². The summed E-state index contributed by atoms with van der Waals surface area (Å²) < 4.78 is 13.7. The van der Waals surface area contributed by atoms with Crippen LogP contribution in [-0.2, 0) is 13.9 Å². The van der Waals surface area contributed by atoms with Crippen molar-refractivity contribution >= 4 is 14.2 Å². The van der Waals surface area contributed by atoms with Gasteiger partial charge >= 0.3 is 14.2 Å². The molecule has 0 aliphatic carbocycles. The molecule has 0 aliphatic heterocycles. The Morgan fingerprint density at radius 3 is 2.67 bits per heavy atom. The summed E-state index contributed by atoms with van der Waals surface area (Å²) in [7, 11) is -2.75. The SMILES string of the molecule is CCCC(=O)O[P+](=O)O. The monoisotopic (exact) mass is 151 g/mol. The van der Waals surface area contributed by atoms with E-state index in [1.807, 2.05) is 0 Å². The Labute approximate surface area is 53.8 Å². The van der Waals surface area contributed by atoms with Gasteiger partial charge < -0.3 is 0 Å². The van der Waals surface area contributed by atoms with Gasteiger partial charge in [-0.1, -0.05) is 6.92 Å². The van der Waals surface area contributed by atoms with Crippen molar-refractivity contribution in [1.82, 2.24) is 0 Å². The first kappa shape index (κ1) is 8.53. The summed E-state index contributed by atoms with van der Waals surface area (Å²) in [5.74, 6) is -0.624. The van der Waals surface area contributed by atoms with E-state index in [1.54, 1.807) is 6.92 Å². The molecule has 5 heteroatoms. The van der Waals surface area contributed by atoms with E-state index < -0.39 is 14.2 Å². The predicted octanol–water partition coefficient (Wildman–Crippen LogP) is 0.979. The van der Waals surface area contributed by atoms with Crippen molar-refractivity contribution in [3.05, 3.63) is 0 Å². The summed E-state index contributed by atoms with van der Waals surface area (Å²) in [5, 5.41) is 0. The lowest BCUT2D eigenvalue weighted by Crippen LogP contribution is -1.96. The van der Waals surface area contributed by atoms with Gasteiger partial charge in [0, 0.05) is 4.57 Å². The second-order valence-corrected chi connectivity index (χ2v) is 2.11. The lowest BCUT2D eigenvalue weighted by Gasteiger charge is -1.83. The molecule has 0 rings (SSSR count). The molecule has 0 spiro atoms. The summed E-state index contributed by atoms with van der Waals surface area (Å²) >= 11 is 0. The van der Waals surface area contributed by atoms with Gasteiger partial charge in [-0.2, -0.15) is 4.52 Å². The van der Waals surface area contributed by atoms with Gasteiger partial charge in [-0.05, 0) is 6.42 Å². The molecule has 1 atom stereocenters. The molecule has 0 saturated carbocycles. The molecule has 0 radical (unpaired) electrons. The van der Waals surface area contributed by atoms with Gasteiger partial charge in [0.1, 0.15) is 0 Å². The summed E-state index contributed by atoms with van der Waals surface area (Å²) in [6, 6.07) is 0. The van der Waals surface area contributed by atoms with Gasteiger partial charge in [-0.25, -0.2) is 4.79 Å². The fraction of sp³-hybridized carbons (Fsp3) is 0.750. The van der Waals surface area contributed by atoms with Gasteiger partial charge in [0.25, 0.3) is 0 Å². The van der Waals surface area contributed by atoms with Crippen molar-refractivity contribution in [1.29, 1.82) is 0 Å². The predicted molar refractivity (Wildman–Crippen MR) is 30.8 cm³/mol. The van der Waals surface area contributed by atoms with Gasteiger partial charge in [0.05, 0.1) is 6.42 Å². The molecular weight excluding hydrogens is 143 g/mol. The fourth-order valence-corrected chi connectivity index (χ4v) is 0.602. The molecule has 1 unspecified atom stereocenters. The number of hydrogen-bond acceptors (Lipinski definition) is 3. The van der Waals surface area contributed by atoms with Crippen molar-refractivity contribution in [2.24, 2.45) is 0 Å². The topological polar surface area (TPSA) is 63.6 Å². The minimum absolute atomic E-state index is 0.196. The third-order valence-corrected chi connectivity index (χ3v) is 0.994. The molecule has 0 fully saturated rings. The molecule has 9 heavy (non-hydrogen) atoms. The Morgan fingerprint density at radius 2 is 2.33 bits per heavy atom. The number of carbonyl (C=O) groups is 1. The van der Waals surface area contributed by atoms with Gasteiger partial charge in [-0.3, -0.25) is 0 Å². The molecule has 0 aromatic heterocycles. The Bertz CT molecular complexity index is 122. The van der Waals surface area contributed by atoms with E-state index in [9.17, 15) is 9.36 Å². The Kier molecular flexibility index (Phi) is 4.18. The summed E-state index contributed by atoms with van der Waals surface area (Å²) in [6.45, 7) is 1.78. The highest BCUT2D eigenvalue weighted by molar-refractivity contribution is 7.32. The minimum atomic E-state index is -2.75. The number of hydrogen-bond donors (Lipinski definition) is 1. The second-order valence-electron chi connectivity index (χ2n) is 1.45. The quantitative estimate of drug-likeness (QED) is 0.610. The molecule has 1 N–H and O–H groups in total. The van der Waals surface area contributed by atoms with Crippen LogP contribution in [0.5, 0.6) is 0 Å². The molecule has 0 aliphatic rings. The maximum absolute atomic E-state index is 10.3. The molecule has 0 saturated heterocycles. The van der Waals surface area contributed by atoms with Crippen LogP contribution in [0.25, 0.3) is 0 Å². The summed E-state index contributed by atoms with van der Waals surface area (Å²) in [4.78, 5) is 18.3. The molecule has 4 nitrogen and oxygen atoms in total. The van der Waals surface area contributed by atoms with Crippen LogP contribution in [-0.4, -0.2) is 10.9 Å². The van der Waals surface area contributed by atoms with E-state index in [0.717, 1.165) is 0 Å². The Morgan fingerprint density at radius 1 is 1.78 bits per heavy atom. The lowest BCUT2D eigenvalue weighted by molar-refractivity contribution is -0.134. The van der Waals surface area contributed by atoms with E-state index >= 15 is 0 Å². The lowest BCUT2D eigenvalue weighted by atomic mass is 10.4. The van der Waals surface area contributed by atoms with Gasteiger partial charge in [-0.15, -0.1) is 4.89 Å². The molecule has 0 aromatic rings. The van der Waals surface area contributed by atoms with Crippen molar-refractivity contribution in [3.8, 4) is 0 Å². The average molecular weight is 151 g/mol. The largest absolute Gasteiger partial charge is 0.750 e. The summed E-state index contributed by atoms with van der Waals surface area (Å²) in [6.07, 6.45) is 0.823. The third kappa shape index (κ3) is 5.40. The van der Waals surface area contributed by atoms with E-state index in [2.05, 4.69) is 4.52 Å². The van der Waals surface area contributed by atoms with E-state index in [0.29, 0.717) is 6.42 Å². The molecule has 0 heterocycles. The Hall–Kier alpha value is -0.470. The van der Waals surface area contributed by atoms with Crippen LogP contribution in [0.4, 0.5) is 0 Å². The zero-order valence-corrected chi connectivity index (χ0v) is 5.93. The second kappa shape index (κ2) is 4.41. The first-order valence-corrected chi connectivity index (χ1v) is 3.66. The van der Waals surface area contributed by atoms with Gasteiger partial charge in [0.2, 0.25) is 0 Å². The van der Waals surface area contributed by atoms with Crippen LogP contribution in [0.3, 0.4) is 0 Å². The van der Waals surface area contributed by atoms with Crippen LogP contribution >= 0.6 is 8.25 Å². The maximum Gasteiger partial charge on any atom is 0.750 e. The highest BCUT2D eigenvalue weighted by Crippen LogP contribution is 2.15. The highest BCUT2D eigenvalue weighted by Gasteiger charge is 2.18. The van der Waals surface area contributed by atoms with E-state index in [4.69, 9.17) is 4.89 Å². The van der Waals surface area contributed by atoms with Crippen LogP contribution in [0.15, 0.2) is 0 Å². The standard InChI is InChI=1S/C4H7O4P/c1-2-3-4(5)8-9(6)7/h2-3H2,1H3/p+1. The highest BCUT2D eigenvalue weighted by atomic mass is 31.1. The van der Waals surface area contributed by atoms with Crippen LogP contribution in [0, 0.1) is 0 Å². The molecule has 52 valence electrons. The fourth-order valence-electron chi connectivity index (χ4n) is 0.337. The van der Waals surface area contributed by atoms with Crippen LogP contribution in [0.1, 0.15) is 19.8 Å². The molecule has 0 bridgehead atoms. The molecular formula is C4H8O4P+. The molecule has 0 aromatic carbocycles. The zero-order valence-electron chi connectivity index (χ0n) is 5.03. The van der Waals surface area contributed by atoms with Crippen LogP contribution in [0.2, 0.25) is 0 Å². The zero-order chi connectivity index (χ0) is 7.28. The van der Waals surface area contributed by atoms with Crippen molar-refractivity contribution in [2.75, 3.05) is 0 Å². The minimum Gasteiger partial charge on any atom is -0.247 e. The first-order chi connectivity index (χ1) is 4.16. The van der Waals surface area contributed by atoms with Crippen molar-refractivity contribution in [2.45, 2.75) is 19.8 Å². The average Bonchev–Trinajstić information content (AvgIpc) is 1.63. The Balaban J connectivity index is 3.39. The maximum atomic E-state index is 10.3. The van der Waals surface area contributed by atoms with E-state index in [-0.39, 0.29) is 6.42 Å². The summed E-state index contributed by atoms with van der Waals surface area (Å²) in [5.41, 5.74) is 0. The van der Waals surface area contributed by atoms with Crippen LogP contribution < -0.4 is 0 Å². The third-order valence-electron chi connectivity index (χ3n) is 0.634. The smallest absolute Gasteiger partial charge is 0.247 e. The molecule has 0 amide bonds. The van der Waals surface area contributed by atoms with E-state index in [1.165, 1.54) is 0 Å². The normalized spacial score (nSPS) is 10.7.